The number of amides is 1. The fraction of sp³-hybridized carbons (Fsp3) is 0.533. The van der Waals surface area contributed by atoms with Gasteiger partial charge in [-0.2, -0.15) is 0 Å². The van der Waals surface area contributed by atoms with E-state index < -0.39 is 0 Å². The number of nitrogens with zero attached hydrogens (tertiary/aromatic N) is 1. The van der Waals surface area contributed by atoms with Crippen molar-refractivity contribution in [2.24, 2.45) is 5.92 Å². The van der Waals surface area contributed by atoms with Gasteiger partial charge in [-0.3, -0.25) is 9.59 Å². The molecule has 0 bridgehead atoms. The molecule has 0 radical (unpaired) electrons. The Morgan fingerprint density at radius 2 is 2.10 bits per heavy atom. The summed E-state index contributed by atoms with van der Waals surface area (Å²) >= 11 is 1.55. The van der Waals surface area contributed by atoms with Crippen molar-refractivity contribution >= 4 is 27.5 Å². The highest BCUT2D eigenvalue weighted by Crippen LogP contribution is 2.34. The number of carbonyl (C=O) groups is 1. The van der Waals surface area contributed by atoms with Crippen LogP contribution in [0.2, 0.25) is 0 Å². The number of aromatic amines is 1. The topological polar surface area (TPSA) is 74.8 Å². The molecule has 5 nitrogen and oxygen atoms in total. The molecule has 0 spiro atoms. The second kappa shape index (κ2) is 5.26. The van der Waals surface area contributed by atoms with Crippen LogP contribution in [-0.4, -0.2) is 21.9 Å². The highest BCUT2D eigenvalue weighted by atomic mass is 32.1. The van der Waals surface area contributed by atoms with E-state index in [-0.39, 0.29) is 23.3 Å². The molecule has 1 aliphatic carbocycles. The molecule has 0 fully saturated rings. The van der Waals surface area contributed by atoms with E-state index in [1.807, 2.05) is 20.8 Å². The highest BCUT2D eigenvalue weighted by molar-refractivity contribution is 7.18. The number of H-pyrrole nitrogens is 1. The van der Waals surface area contributed by atoms with Crippen LogP contribution in [0.3, 0.4) is 0 Å². The number of carbonyl (C=O) groups excluding carboxylic acids is 1. The van der Waals surface area contributed by atoms with Crippen LogP contribution in [0.15, 0.2) is 4.79 Å². The van der Waals surface area contributed by atoms with E-state index in [9.17, 15) is 9.59 Å². The van der Waals surface area contributed by atoms with Crippen LogP contribution in [0.25, 0.3) is 10.2 Å². The maximum Gasteiger partial charge on any atom is 0.287 e. The minimum atomic E-state index is -0.316. The van der Waals surface area contributed by atoms with Crippen LogP contribution in [0.1, 0.15) is 48.3 Å². The molecule has 112 valence electrons. The molecule has 1 aliphatic rings. The van der Waals surface area contributed by atoms with Crippen molar-refractivity contribution in [3.8, 4) is 0 Å². The molecule has 2 aromatic heterocycles. The van der Waals surface area contributed by atoms with Crippen molar-refractivity contribution in [3.05, 3.63) is 26.6 Å². The number of hydrogen-bond donors (Lipinski definition) is 2. The zero-order chi connectivity index (χ0) is 15.1. The standard InChI is InChI=1S/C15H19N3O2S/c1-7(2)8(3)16-14(20)12-17-13(19)11-9-5-4-6-10(9)21-15(11)18-12/h7-8H,4-6H2,1-3H3,(H,16,20)(H,17,18,19)/t8-/m1/s1. The molecule has 2 aromatic rings. The number of aromatic nitrogens is 2. The summed E-state index contributed by atoms with van der Waals surface area (Å²) in [6.07, 6.45) is 3.06. The lowest BCUT2D eigenvalue weighted by Gasteiger charge is -2.16. The van der Waals surface area contributed by atoms with Gasteiger partial charge in [-0.15, -0.1) is 11.3 Å². The van der Waals surface area contributed by atoms with Crippen molar-refractivity contribution < 1.29 is 4.79 Å². The largest absolute Gasteiger partial charge is 0.347 e. The summed E-state index contributed by atoms with van der Waals surface area (Å²) in [6.45, 7) is 6.02. The Balaban J connectivity index is 1.98. The van der Waals surface area contributed by atoms with E-state index in [1.165, 1.54) is 4.88 Å². The average molecular weight is 305 g/mol. The first kappa shape index (κ1) is 14.3. The lowest BCUT2D eigenvalue weighted by atomic mass is 10.1. The fourth-order valence-corrected chi connectivity index (χ4v) is 3.81. The zero-order valence-corrected chi connectivity index (χ0v) is 13.3. The Hall–Kier alpha value is -1.69. The first-order chi connectivity index (χ1) is 9.97. The third-order valence-electron chi connectivity index (χ3n) is 4.15. The lowest BCUT2D eigenvalue weighted by molar-refractivity contribution is 0.0920. The molecule has 0 unspecified atom stereocenters. The number of aryl methyl sites for hydroxylation is 2. The first-order valence-corrected chi connectivity index (χ1v) is 8.14. The van der Waals surface area contributed by atoms with Gasteiger partial charge in [-0.1, -0.05) is 13.8 Å². The molecule has 1 atom stereocenters. The summed E-state index contributed by atoms with van der Waals surface area (Å²) < 4.78 is 0. The molecular weight excluding hydrogens is 286 g/mol. The van der Waals surface area contributed by atoms with E-state index in [0.717, 1.165) is 24.8 Å². The number of thiophene rings is 1. The van der Waals surface area contributed by atoms with Crippen molar-refractivity contribution in [2.75, 3.05) is 0 Å². The van der Waals surface area contributed by atoms with E-state index in [0.29, 0.717) is 16.1 Å². The maximum atomic E-state index is 12.3. The van der Waals surface area contributed by atoms with E-state index in [1.54, 1.807) is 11.3 Å². The number of nitrogens with one attached hydrogen (secondary N) is 2. The van der Waals surface area contributed by atoms with Crippen LogP contribution in [0, 0.1) is 5.92 Å². The van der Waals surface area contributed by atoms with Crippen LogP contribution in [-0.2, 0) is 12.8 Å². The van der Waals surface area contributed by atoms with E-state index in [4.69, 9.17) is 0 Å². The monoisotopic (exact) mass is 305 g/mol. The molecule has 3 rings (SSSR count). The molecule has 0 saturated carbocycles. The minimum absolute atomic E-state index is 0.0341. The van der Waals surface area contributed by atoms with Crippen LogP contribution >= 0.6 is 11.3 Å². The van der Waals surface area contributed by atoms with Gasteiger partial charge in [-0.05, 0) is 37.7 Å². The summed E-state index contributed by atoms with van der Waals surface area (Å²) in [5.41, 5.74) is 0.938. The third kappa shape index (κ3) is 2.48. The second-order valence-electron chi connectivity index (χ2n) is 5.96. The first-order valence-electron chi connectivity index (χ1n) is 7.32. The Morgan fingerprint density at radius 3 is 2.81 bits per heavy atom. The van der Waals surface area contributed by atoms with Gasteiger partial charge in [0.15, 0.2) is 0 Å². The zero-order valence-electron chi connectivity index (χ0n) is 12.4. The molecule has 2 heterocycles. The highest BCUT2D eigenvalue weighted by Gasteiger charge is 2.23. The van der Waals surface area contributed by atoms with Crippen LogP contribution in [0.4, 0.5) is 0 Å². The molecule has 0 aliphatic heterocycles. The Labute approximate surface area is 126 Å². The predicted molar refractivity (Wildman–Crippen MR) is 84.0 cm³/mol. The number of rotatable bonds is 3. The van der Waals surface area contributed by atoms with Crippen LogP contribution in [0.5, 0.6) is 0 Å². The molecule has 0 saturated heterocycles. The molecule has 21 heavy (non-hydrogen) atoms. The summed E-state index contributed by atoms with van der Waals surface area (Å²) in [4.78, 5) is 33.4. The quantitative estimate of drug-likeness (QED) is 0.913. The Morgan fingerprint density at radius 1 is 1.33 bits per heavy atom. The molecule has 1 amide bonds. The Bertz CT molecular complexity index is 760. The van der Waals surface area contributed by atoms with Crippen LogP contribution < -0.4 is 10.9 Å². The minimum Gasteiger partial charge on any atom is -0.347 e. The average Bonchev–Trinajstić information content (AvgIpc) is 2.97. The molecule has 6 heteroatoms. The summed E-state index contributed by atoms with van der Waals surface area (Å²) in [5.74, 6) is 0.124. The van der Waals surface area contributed by atoms with Crippen molar-refractivity contribution in [3.63, 3.8) is 0 Å². The second-order valence-corrected chi connectivity index (χ2v) is 7.04. The normalized spacial score (nSPS) is 15.4. The molecule has 2 N–H and O–H groups in total. The van der Waals surface area contributed by atoms with Gasteiger partial charge in [0.2, 0.25) is 5.82 Å². The Kier molecular flexibility index (Phi) is 3.57. The van der Waals surface area contributed by atoms with E-state index in [2.05, 4.69) is 15.3 Å². The fourth-order valence-electron chi connectivity index (χ4n) is 2.55. The van der Waals surface area contributed by atoms with Gasteiger partial charge in [0.1, 0.15) is 4.83 Å². The SMILES string of the molecule is CC(C)[C@@H](C)NC(=O)c1nc2sc3c(c2c(=O)[nH]1)CCC3. The van der Waals surface area contributed by atoms with Gasteiger partial charge in [-0.25, -0.2) is 4.98 Å². The van der Waals surface area contributed by atoms with E-state index >= 15 is 0 Å². The lowest BCUT2D eigenvalue weighted by Crippen LogP contribution is -2.37. The predicted octanol–water partition coefficient (Wildman–Crippen LogP) is 2.25. The van der Waals surface area contributed by atoms with Crippen molar-refractivity contribution in [1.29, 1.82) is 0 Å². The van der Waals surface area contributed by atoms with Crippen molar-refractivity contribution in [2.45, 2.75) is 46.1 Å². The van der Waals surface area contributed by atoms with Gasteiger partial charge in [0.05, 0.1) is 5.39 Å². The number of fused-ring (bicyclic) bond motifs is 3. The van der Waals surface area contributed by atoms with Gasteiger partial charge in [0, 0.05) is 10.9 Å². The van der Waals surface area contributed by atoms with Gasteiger partial charge in [0.25, 0.3) is 11.5 Å². The van der Waals surface area contributed by atoms with Gasteiger partial charge < -0.3 is 10.3 Å². The summed E-state index contributed by atoms with van der Waals surface area (Å²) in [7, 11) is 0. The summed E-state index contributed by atoms with van der Waals surface area (Å²) in [6, 6.07) is 0.0341. The summed E-state index contributed by atoms with van der Waals surface area (Å²) in [5, 5.41) is 3.55. The van der Waals surface area contributed by atoms with Crippen molar-refractivity contribution in [1.82, 2.24) is 15.3 Å². The third-order valence-corrected chi connectivity index (χ3v) is 5.33. The molecule has 0 aromatic carbocycles. The molecular formula is C15H19N3O2S. The number of hydrogen-bond acceptors (Lipinski definition) is 4. The van der Waals surface area contributed by atoms with Gasteiger partial charge >= 0.3 is 0 Å². The maximum absolute atomic E-state index is 12.3. The smallest absolute Gasteiger partial charge is 0.287 e.